The van der Waals surface area contributed by atoms with E-state index in [0.29, 0.717) is 35.8 Å². The highest BCUT2D eigenvalue weighted by molar-refractivity contribution is 5.95. The Hall–Kier alpha value is -3.02. The predicted molar refractivity (Wildman–Crippen MR) is 94.9 cm³/mol. The molecule has 0 spiro atoms. The summed E-state index contributed by atoms with van der Waals surface area (Å²) < 4.78 is 11.0. The molecule has 0 saturated carbocycles. The standard InChI is InChI=1S/C19H22N2O4/c1-3-24-16-9-8-15(11-17(16)25-4-2)19(23)21-12-13-6-5-7-14(10-13)18(20)22/h5-11H,3-4,12H2,1-2H3,(H2,20,22)(H,21,23). The Labute approximate surface area is 146 Å². The van der Waals surface area contributed by atoms with E-state index in [0.717, 1.165) is 5.56 Å². The monoisotopic (exact) mass is 342 g/mol. The lowest BCUT2D eigenvalue weighted by atomic mass is 10.1. The highest BCUT2D eigenvalue weighted by atomic mass is 16.5. The van der Waals surface area contributed by atoms with Crippen LogP contribution in [0.2, 0.25) is 0 Å². The molecule has 0 aromatic heterocycles. The van der Waals surface area contributed by atoms with E-state index >= 15 is 0 Å². The van der Waals surface area contributed by atoms with Gasteiger partial charge >= 0.3 is 0 Å². The van der Waals surface area contributed by atoms with E-state index in [1.165, 1.54) is 0 Å². The van der Waals surface area contributed by atoms with Gasteiger partial charge in [-0.15, -0.1) is 0 Å². The summed E-state index contributed by atoms with van der Waals surface area (Å²) in [6.07, 6.45) is 0. The summed E-state index contributed by atoms with van der Waals surface area (Å²) in [5.41, 5.74) is 6.93. The van der Waals surface area contributed by atoms with Crippen molar-refractivity contribution in [2.45, 2.75) is 20.4 Å². The number of nitrogens with two attached hydrogens (primary N) is 1. The molecular formula is C19H22N2O4. The zero-order valence-corrected chi connectivity index (χ0v) is 14.4. The van der Waals surface area contributed by atoms with Crippen molar-refractivity contribution in [3.05, 3.63) is 59.2 Å². The van der Waals surface area contributed by atoms with E-state index in [2.05, 4.69) is 5.32 Å². The van der Waals surface area contributed by atoms with Crippen LogP contribution in [0.15, 0.2) is 42.5 Å². The van der Waals surface area contributed by atoms with Gasteiger partial charge in [0.15, 0.2) is 11.5 Å². The molecule has 3 N–H and O–H groups in total. The molecule has 0 saturated heterocycles. The van der Waals surface area contributed by atoms with E-state index < -0.39 is 5.91 Å². The van der Waals surface area contributed by atoms with Crippen molar-refractivity contribution in [2.75, 3.05) is 13.2 Å². The Bertz CT molecular complexity index is 759. The van der Waals surface area contributed by atoms with Crippen molar-refractivity contribution in [1.29, 1.82) is 0 Å². The maximum atomic E-state index is 12.4. The van der Waals surface area contributed by atoms with Gasteiger partial charge in [-0.3, -0.25) is 9.59 Å². The average molecular weight is 342 g/mol. The van der Waals surface area contributed by atoms with E-state index in [-0.39, 0.29) is 12.5 Å². The first-order chi connectivity index (χ1) is 12.0. The highest BCUT2D eigenvalue weighted by Crippen LogP contribution is 2.28. The number of ether oxygens (including phenoxy) is 2. The van der Waals surface area contributed by atoms with Gasteiger partial charge in [0, 0.05) is 17.7 Å². The van der Waals surface area contributed by atoms with Gasteiger partial charge in [-0.1, -0.05) is 12.1 Å². The summed E-state index contributed by atoms with van der Waals surface area (Å²) in [4.78, 5) is 23.6. The molecule has 132 valence electrons. The fourth-order valence-corrected chi connectivity index (χ4v) is 2.31. The van der Waals surface area contributed by atoms with Gasteiger partial charge in [0.1, 0.15) is 0 Å². The molecule has 2 aromatic carbocycles. The smallest absolute Gasteiger partial charge is 0.251 e. The lowest BCUT2D eigenvalue weighted by Gasteiger charge is -2.12. The molecule has 0 unspecified atom stereocenters. The van der Waals surface area contributed by atoms with Gasteiger partial charge in [-0.25, -0.2) is 0 Å². The van der Waals surface area contributed by atoms with Gasteiger partial charge in [-0.05, 0) is 49.7 Å². The number of carbonyl (C=O) groups excluding carboxylic acids is 2. The number of rotatable bonds is 8. The first-order valence-corrected chi connectivity index (χ1v) is 8.11. The molecule has 2 rings (SSSR count). The van der Waals surface area contributed by atoms with Gasteiger partial charge in [-0.2, -0.15) is 0 Å². The molecule has 2 amide bonds. The van der Waals surface area contributed by atoms with Gasteiger partial charge in [0.25, 0.3) is 5.91 Å². The molecular weight excluding hydrogens is 320 g/mol. The second kappa shape index (κ2) is 8.73. The van der Waals surface area contributed by atoms with Crippen LogP contribution in [0.3, 0.4) is 0 Å². The zero-order valence-electron chi connectivity index (χ0n) is 14.4. The maximum absolute atomic E-state index is 12.4. The number of nitrogens with one attached hydrogen (secondary N) is 1. The number of benzene rings is 2. The number of primary amides is 1. The molecule has 0 fully saturated rings. The highest BCUT2D eigenvalue weighted by Gasteiger charge is 2.11. The lowest BCUT2D eigenvalue weighted by molar-refractivity contribution is 0.0949. The van der Waals surface area contributed by atoms with E-state index in [1.54, 1.807) is 36.4 Å². The Morgan fingerprint density at radius 1 is 0.960 bits per heavy atom. The normalized spacial score (nSPS) is 10.2. The molecule has 0 heterocycles. The molecule has 0 aliphatic heterocycles. The molecule has 2 aromatic rings. The van der Waals surface area contributed by atoms with Crippen molar-refractivity contribution in [2.24, 2.45) is 5.73 Å². The summed E-state index contributed by atoms with van der Waals surface area (Å²) in [6, 6.07) is 11.9. The zero-order chi connectivity index (χ0) is 18.2. The van der Waals surface area contributed by atoms with Crippen LogP contribution in [0.5, 0.6) is 11.5 Å². The van der Waals surface area contributed by atoms with Crippen LogP contribution in [-0.2, 0) is 6.54 Å². The number of amides is 2. The fourth-order valence-electron chi connectivity index (χ4n) is 2.31. The topological polar surface area (TPSA) is 90.6 Å². The number of hydrogen-bond donors (Lipinski definition) is 2. The van der Waals surface area contributed by atoms with Crippen LogP contribution in [0.1, 0.15) is 40.1 Å². The van der Waals surface area contributed by atoms with Crippen LogP contribution in [0.25, 0.3) is 0 Å². The third-order valence-electron chi connectivity index (χ3n) is 3.47. The minimum Gasteiger partial charge on any atom is -0.490 e. The molecule has 0 bridgehead atoms. The Balaban J connectivity index is 2.08. The maximum Gasteiger partial charge on any atom is 0.251 e. The van der Waals surface area contributed by atoms with Gasteiger partial charge < -0.3 is 20.5 Å². The van der Waals surface area contributed by atoms with Crippen molar-refractivity contribution in [1.82, 2.24) is 5.32 Å². The molecule has 0 aliphatic rings. The van der Waals surface area contributed by atoms with Gasteiger partial charge in [0.05, 0.1) is 13.2 Å². The summed E-state index contributed by atoms with van der Waals surface area (Å²) in [7, 11) is 0. The quantitative estimate of drug-likeness (QED) is 0.771. The second-order valence-corrected chi connectivity index (χ2v) is 5.27. The second-order valence-electron chi connectivity index (χ2n) is 5.27. The first kappa shape index (κ1) is 18.3. The van der Waals surface area contributed by atoms with Crippen molar-refractivity contribution < 1.29 is 19.1 Å². The van der Waals surface area contributed by atoms with Crippen LogP contribution in [0, 0.1) is 0 Å². The van der Waals surface area contributed by atoms with Crippen molar-refractivity contribution in [3.63, 3.8) is 0 Å². The van der Waals surface area contributed by atoms with E-state index in [4.69, 9.17) is 15.2 Å². The van der Waals surface area contributed by atoms with E-state index in [1.807, 2.05) is 19.9 Å². The molecule has 25 heavy (non-hydrogen) atoms. The van der Waals surface area contributed by atoms with E-state index in [9.17, 15) is 9.59 Å². The minimum absolute atomic E-state index is 0.242. The minimum atomic E-state index is -0.499. The molecule has 6 nitrogen and oxygen atoms in total. The van der Waals surface area contributed by atoms with Crippen molar-refractivity contribution in [3.8, 4) is 11.5 Å². The number of hydrogen-bond acceptors (Lipinski definition) is 4. The summed E-state index contributed by atoms with van der Waals surface area (Å²) in [6.45, 7) is 5.04. The summed E-state index contributed by atoms with van der Waals surface area (Å²) in [5.74, 6) is 0.400. The largest absolute Gasteiger partial charge is 0.490 e. The third kappa shape index (κ3) is 4.97. The Morgan fingerprint density at radius 2 is 1.68 bits per heavy atom. The van der Waals surface area contributed by atoms with Crippen LogP contribution in [-0.4, -0.2) is 25.0 Å². The molecule has 6 heteroatoms. The molecule has 0 aliphatic carbocycles. The fraction of sp³-hybridized carbons (Fsp3) is 0.263. The average Bonchev–Trinajstić information content (AvgIpc) is 2.61. The first-order valence-electron chi connectivity index (χ1n) is 8.11. The summed E-state index contributed by atoms with van der Waals surface area (Å²) >= 11 is 0. The van der Waals surface area contributed by atoms with Crippen LogP contribution in [0.4, 0.5) is 0 Å². The lowest BCUT2D eigenvalue weighted by Crippen LogP contribution is -2.23. The van der Waals surface area contributed by atoms with Crippen LogP contribution < -0.4 is 20.5 Å². The van der Waals surface area contributed by atoms with Gasteiger partial charge in [0.2, 0.25) is 5.91 Å². The predicted octanol–water partition coefficient (Wildman–Crippen LogP) is 2.51. The third-order valence-corrected chi connectivity index (χ3v) is 3.47. The molecule has 0 atom stereocenters. The number of carbonyl (C=O) groups is 2. The summed E-state index contributed by atoms with van der Waals surface area (Å²) in [5, 5.41) is 2.81. The molecule has 0 radical (unpaired) electrons. The van der Waals surface area contributed by atoms with Crippen LogP contribution >= 0.6 is 0 Å². The Morgan fingerprint density at radius 3 is 2.36 bits per heavy atom. The SMILES string of the molecule is CCOc1ccc(C(=O)NCc2cccc(C(N)=O)c2)cc1OCC. The Kier molecular flexibility index (Phi) is 6.39. The van der Waals surface area contributed by atoms with Crippen molar-refractivity contribution >= 4 is 11.8 Å².